The van der Waals surface area contributed by atoms with Gasteiger partial charge in [0.2, 0.25) is 0 Å². The molecule has 0 aliphatic heterocycles. The molecule has 0 radical (unpaired) electrons. The number of nitrogen functional groups attached to an aromatic ring is 1. The highest BCUT2D eigenvalue weighted by molar-refractivity contribution is 5.95. The van der Waals surface area contributed by atoms with Gasteiger partial charge in [-0.25, -0.2) is 4.79 Å². The number of benzene rings is 1. The lowest BCUT2D eigenvalue weighted by atomic mass is 10.2. The van der Waals surface area contributed by atoms with Crippen LogP contribution in [-0.4, -0.2) is 32.8 Å². The minimum atomic E-state index is -1.21. The van der Waals surface area contributed by atoms with Crippen LogP contribution in [0.1, 0.15) is 24.2 Å². The second-order valence-electron chi connectivity index (χ2n) is 3.84. The van der Waals surface area contributed by atoms with Crippen molar-refractivity contribution in [3.8, 4) is 5.75 Å². The zero-order valence-electron chi connectivity index (χ0n) is 11.6. The van der Waals surface area contributed by atoms with Crippen LogP contribution in [0.25, 0.3) is 0 Å². The lowest BCUT2D eigenvalue weighted by Crippen LogP contribution is -2.36. The Kier molecular flexibility index (Phi) is 5.14. The van der Waals surface area contributed by atoms with E-state index in [-0.39, 0.29) is 5.69 Å². The molecular formula is C13H19NO5. The van der Waals surface area contributed by atoms with E-state index in [4.69, 9.17) is 24.7 Å². The molecule has 0 unspecified atom stereocenters. The molecule has 0 heterocycles. The summed E-state index contributed by atoms with van der Waals surface area (Å²) in [4.78, 5) is 11.6. The first-order chi connectivity index (χ1) is 8.95. The summed E-state index contributed by atoms with van der Waals surface area (Å²) in [5.41, 5.74) is 6.36. The summed E-state index contributed by atoms with van der Waals surface area (Å²) >= 11 is 0. The van der Waals surface area contributed by atoms with E-state index in [0.29, 0.717) is 17.9 Å². The maximum Gasteiger partial charge on any atom is 0.340 e. The van der Waals surface area contributed by atoms with Crippen LogP contribution in [0.4, 0.5) is 5.69 Å². The maximum absolute atomic E-state index is 11.6. The molecule has 6 heteroatoms. The average Bonchev–Trinajstić information content (AvgIpc) is 2.39. The first-order valence-corrected chi connectivity index (χ1v) is 5.81. The Morgan fingerprint density at radius 3 is 2.42 bits per heavy atom. The molecular weight excluding hydrogens is 250 g/mol. The monoisotopic (exact) mass is 269 g/mol. The van der Waals surface area contributed by atoms with Gasteiger partial charge in [0, 0.05) is 32.9 Å². The molecule has 2 N–H and O–H groups in total. The molecule has 1 rings (SSSR count). The molecule has 106 valence electrons. The van der Waals surface area contributed by atoms with Crippen LogP contribution < -0.4 is 10.5 Å². The lowest BCUT2D eigenvalue weighted by Gasteiger charge is -2.26. The minimum absolute atomic E-state index is 0.269. The second kappa shape index (κ2) is 6.40. The standard InChI is InChI=1S/C13H19NO5/c1-5-18-12(15)10-7-6-9(8-11(10)14)19-13(2,16-3)17-4/h6-8H,5,14H2,1-4H3. The van der Waals surface area contributed by atoms with E-state index < -0.39 is 11.9 Å². The quantitative estimate of drug-likeness (QED) is 0.482. The molecule has 6 nitrogen and oxygen atoms in total. The Morgan fingerprint density at radius 2 is 1.95 bits per heavy atom. The van der Waals surface area contributed by atoms with Gasteiger partial charge in [-0.15, -0.1) is 0 Å². The smallest absolute Gasteiger partial charge is 0.340 e. The highest BCUT2D eigenvalue weighted by Gasteiger charge is 2.25. The van der Waals surface area contributed by atoms with Crippen molar-refractivity contribution in [1.82, 2.24) is 0 Å². The number of hydrogen-bond acceptors (Lipinski definition) is 6. The number of esters is 1. The van der Waals surface area contributed by atoms with Gasteiger partial charge in [0.15, 0.2) is 0 Å². The summed E-state index contributed by atoms with van der Waals surface area (Å²) in [6, 6.07) is 4.65. The third kappa shape index (κ3) is 3.84. The van der Waals surface area contributed by atoms with Crippen molar-refractivity contribution in [3.63, 3.8) is 0 Å². The number of ether oxygens (including phenoxy) is 4. The average molecular weight is 269 g/mol. The Labute approximate surface area is 112 Å². The third-order valence-corrected chi connectivity index (χ3v) is 2.56. The van der Waals surface area contributed by atoms with Gasteiger partial charge in [-0.2, -0.15) is 0 Å². The van der Waals surface area contributed by atoms with Gasteiger partial charge >= 0.3 is 11.9 Å². The Hall–Kier alpha value is -1.79. The lowest BCUT2D eigenvalue weighted by molar-refractivity contribution is -0.309. The normalized spacial score (nSPS) is 11.2. The number of nitrogens with two attached hydrogens (primary N) is 1. The maximum atomic E-state index is 11.6. The molecule has 19 heavy (non-hydrogen) atoms. The first-order valence-electron chi connectivity index (χ1n) is 5.81. The number of anilines is 1. The van der Waals surface area contributed by atoms with Crippen molar-refractivity contribution in [1.29, 1.82) is 0 Å². The fourth-order valence-corrected chi connectivity index (χ4v) is 1.38. The number of rotatable bonds is 6. The Bertz CT molecular complexity index is 443. The van der Waals surface area contributed by atoms with Gasteiger partial charge in [0.25, 0.3) is 0 Å². The summed E-state index contributed by atoms with van der Waals surface area (Å²) in [7, 11) is 2.92. The van der Waals surface area contributed by atoms with Gasteiger partial charge < -0.3 is 24.7 Å². The first kappa shape index (κ1) is 15.3. The molecule has 0 saturated carbocycles. The van der Waals surface area contributed by atoms with Crippen molar-refractivity contribution in [2.24, 2.45) is 0 Å². The molecule has 0 atom stereocenters. The van der Waals surface area contributed by atoms with E-state index in [1.165, 1.54) is 26.4 Å². The van der Waals surface area contributed by atoms with Gasteiger partial charge in [0.05, 0.1) is 12.2 Å². The van der Waals surface area contributed by atoms with E-state index in [1.807, 2.05) is 0 Å². The zero-order valence-corrected chi connectivity index (χ0v) is 11.6. The molecule has 0 aliphatic rings. The van der Waals surface area contributed by atoms with Crippen molar-refractivity contribution in [3.05, 3.63) is 23.8 Å². The number of methoxy groups -OCH3 is 2. The summed E-state index contributed by atoms with van der Waals surface area (Å²) in [5.74, 6) is -1.25. The molecule has 0 aliphatic carbocycles. The molecule has 0 fully saturated rings. The highest BCUT2D eigenvalue weighted by atomic mass is 16.9. The van der Waals surface area contributed by atoms with Crippen LogP contribution in [0.2, 0.25) is 0 Å². The number of carbonyl (C=O) groups is 1. The topological polar surface area (TPSA) is 80.0 Å². The fourth-order valence-electron chi connectivity index (χ4n) is 1.38. The van der Waals surface area contributed by atoms with Gasteiger partial charge in [-0.3, -0.25) is 0 Å². The van der Waals surface area contributed by atoms with Crippen LogP contribution in [0, 0.1) is 0 Å². The largest absolute Gasteiger partial charge is 0.462 e. The summed E-state index contributed by atoms with van der Waals surface area (Å²) in [6.45, 7) is 3.64. The van der Waals surface area contributed by atoms with Crippen molar-refractivity contribution in [2.45, 2.75) is 19.8 Å². The minimum Gasteiger partial charge on any atom is -0.462 e. The predicted octanol–water partition coefficient (Wildman–Crippen LogP) is 1.79. The fraction of sp³-hybridized carbons (Fsp3) is 0.462. The predicted molar refractivity (Wildman–Crippen MR) is 69.9 cm³/mol. The van der Waals surface area contributed by atoms with Crippen LogP contribution in [0.15, 0.2) is 18.2 Å². The Morgan fingerprint density at radius 1 is 1.32 bits per heavy atom. The van der Waals surface area contributed by atoms with E-state index in [9.17, 15) is 4.79 Å². The van der Waals surface area contributed by atoms with Crippen molar-refractivity contribution in [2.75, 3.05) is 26.6 Å². The molecule has 0 saturated heterocycles. The van der Waals surface area contributed by atoms with E-state index in [0.717, 1.165) is 0 Å². The summed E-state index contributed by atoms with van der Waals surface area (Å²) in [5, 5.41) is 0. The van der Waals surface area contributed by atoms with Crippen LogP contribution in [0.5, 0.6) is 5.75 Å². The zero-order chi connectivity index (χ0) is 14.5. The molecule has 0 spiro atoms. The van der Waals surface area contributed by atoms with Crippen LogP contribution in [-0.2, 0) is 14.2 Å². The molecule has 0 aromatic heterocycles. The molecule has 0 bridgehead atoms. The van der Waals surface area contributed by atoms with E-state index in [1.54, 1.807) is 19.9 Å². The van der Waals surface area contributed by atoms with Crippen molar-refractivity contribution < 1.29 is 23.7 Å². The van der Waals surface area contributed by atoms with Crippen LogP contribution >= 0.6 is 0 Å². The summed E-state index contributed by atoms with van der Waals surface area (Å²) in [6.07, 6.45) is 0. The van der Waals surface area contributed by atoms with Gasteiger partial charge in [-0.1, -0.05) is 0 Å². The van der Waals surface area contributed by atoms with Gasteiger partial charge in [-0.05, 0) is 19.1 Å². The number of hydrogen-bond donors (Lipinski definition) is 1. The van der Waals surface area contributed by atoms with E-state index >= 15 is 0 Å². The Balaban J connectivity index is 2.91. The third-order valence-electron chi connectivity index (χ3n) is 2.56. The molecule has 0 amide bonds. The van der Waals surface area contributed by atoms with Gasteiger partial charge in [0.1, 0.15) is 5.75 Å². The van der Waals surface area contributed by atoms with Crippen molar-refractivity contribution >= 4 is 11.7 Å². The van der Waals surface area contributed by atoms with E-state index in [2.05, 4.69) is 0 Å². The second-order valence-corrected chi connectivity index (χ2v) is 3.84. The highest BCUT2D eigenvalue weighted by Crippen LogP contribution is 2.25. The molecule has 1 aromatic carbocycles. The van der Waals surface area contributed by atoms with Crippen LogP contribution in [0.3, 0.4) is 0 Å². The summed E-state index contributed by atoms with van der Waals surface area (Å²) < 4.78 is 20.5. The SMILES string of the molecule is CCOC(=O)c1ccc(OC(C)(OC)OC)cc1N. The molecule has 1 aromatic rings. The number of carbonyl (C=O) groups excluding carboxylic acids is 1.